The number of hydrogen-bond donors (Lipinski definition) is 1. The van der Waals surface area contributed by atoms with Crippen molar-refractivity contribution in [1.29, 1.82) is 10.5 Å². The lowest BCUT2D eigenvalue weighted by Crippen LogP contribution is -2.08. The van der Waals surface area contributed by atoms with E-state index in [0.29, 0.717) is 0 Å². The number of rotatable bonds is 2. The highest BCUT2D eigenvalue weighted by Gasteiger charge is 2.17. The van der Waals surface area contributed by atoms with E-state index in [1.165, 1.54) is 29.2 Å². The zero-order chi connectivity index (χ0) is 13.1. The van der Waals surface area contributed by atoms with Gasteiger partial charge in [-0.3, -0.25) is 4.57 Å². The molecule has 0 saturated heterocycles. The van der Waals surface area contributed by atoms with Crippen LogP contribution in [0.2, 0.25) is 0 Å². The Bertz CT molecular complexity index is 705. The molecule has 2 aromatic rings. The molecule has 0 atom stereocenters. The van der Waals surface area contributed by atoms with Crippen LogP contribution in [0.4, 0.5) is 0 Å². The molecule has 2 rings (SSSR count). The molecule has 0 fully saturated rings. The summed E-state index contributed by atoms with van der Waals surface area (Å²) in [4.78, 5) is 18.5. The Morgan fingerprint density at radius 2 is 2.11 bits per heavy atom. The maximum atomic E-state index is 11.0. The molecule has 2 aromatic heterocycles. The lowest BCUT2D eigenvalue weighted by Gasteiger charge is -2.06. The van der Waals surface area contributed by atoms with Gasteiger partial charge in [-0.1, -0.05) is 0 Å². The number of hydrogen-bond acceptors (Lipinski definition) is 5. The molecule has 0 aliphatic carbocycles. The van der Waals surface area contributed by atoms with Gasteiger partial charge in [0.1, 0.15) is 18.5 Å². The van der Waals surface area contributed by atoms with E-state index < -0.39 is 5.97 Å². The fraction of sp³-hybridized carbons (Fsp3) is 0. The third kappa shape index (κ3) is 1.66. The third-order valence-electron chi connectivity index (χ3n) is 2.23. The van der Waals surface area contributed by atoms with Crippen LogP contribution < -0.4 is 0 Å². The summed E-state index contributed by atoms with van der Waals surface area (Å²) in [7, 11) is 0. The molecule has 18 heavy (non-hydrogen) atoms. The number of aromatic nitrogens is 3. The van der Waals surface area contributed by atoms with Crippen LogP contribution in [0.3, 0.4) is 0 Å². The Kier molecular flexibility index (Phi) is 2.73. The van der Waals surface area contributed by atoms with Crippen molar-refractivity contribution in [1.82, 2.24) is 14.5 Å². The molecular weight excluding hydrogens is 234 g/mol. The standard InChI is InChI=1S/C11H5N5O2/c12-4-7-9(5-13)16(6-15-7)8-2-1-3-14-10(8)11(17)18/h1-3,6H,(H,17,18). The topological polar surface area (TPSA) is 116 Å². The molecule has 2 heterocycles. The number of imidazole rings is 1. The highest BCUT2D eigenvalue weighted by Crippen LogP contribution is 2.16. The van der Waals surface area contributed by atoms with Gasteiger partial charge in [-0.15, -0.1) is 0 Å². The summed E-state index contributed by atoms with van der Waals surface area (Å²) in [6.45, 7) is 0. The molecule has 0 unspecified atom stereocenters. The van der Waals surface area contributed by atoms with Crippen LogP contribution in [0, 0.1) is 22.7 Å². The average Bonchev–Trinajstić information content (AvgIpc) is 2.81. The molecule has 0 aromatic carbocycles. The molecule has 0 aliphatic rings. The summed E-state index contributed by atoms with van der Waals surface area (Å²) < 4.78 is 1.23. The molecule has 0 aliphatic heterocycles. The molecule has 0 saturated carbocycles. The first-order valence-corrected chi connectivity index (χ1v) is 4.75. The van der Waals surface area contributed by atoms with Crippen LogP contribution in [0.25, 0.3) is 5.69 Å². The number of carboxylic acid groups (broad SMARTS) is 1. The normalized spacial score (nSPS) is 9.44. The minimum Gasteiger partial charge on any atom is -0.476 e. The Morgan fingerprint density at radius 1 is 1.33 bits per heavy atom. The first-order valence-electron chi connectivity index (χ1n) is 4.75. The summed E-state index contributed by atoms with van der Waals surface area (Å²) in [5, 5.41) is 26.8. The molecular formula is C11H5N5O2. The van der Waals surface area contributed by atoms with Crippen LogP contribution in [-0.2, 0) is 0 Å². The van der Waals surface area contributed by atoms with Crippen molar-refractivity contribution < 1.29 is 9.90 Å². The second-order valence-electron chi connectivity index (χ2n) is 3.21. The minimum atomic E-state index is -1.22. The van der Waals surface area contributed by atoms with Crippen molar-refractivity contribution in [3.05, 3.63) is 41.7 Å². The van der Waals surface area contributed by atoms with Crippen LogP contribution in [0.5, 0.6) is 0 Å². The summed E-state index contributed by atoms with van der Waals surface area (Å²) in [5.41, 5.74) is -0.0999. The van der Waals surface area contributed by atoms with Gasteiger partial charge in [0.15, 0.2) is 17.1 Å². The van der Waals surface area contributed by atoms with E-state index in [-0.39, 0.29) is 22.8 Å². The van der Waals surface area contributed by atoms with Crippen molar-refractivity contribution in [2.45, 2.75) is 0 Å². The predicted molar refractivity (Wildman–Crippen MR) is 57.7 cm³/mol. The van der Waals surface area contributed by atoms with E-state index in [0.717, 1.165) is 0 Å². The smallest absolute Gasteiger partial charge is 0.356 e. The van der Waals surface area contributed by atoms with Crippen LogP contribution in [-0.4, -0.2) is 25.6 Å². The van der Waals surface area contributed by atoms with Crippen molar-refractivity contribution in [2.24, 2.45) is 0 Å². The molecule has 86 valence electrons. The van der Waals surface area contributed by atoms with Crippen LogP contribution in [0.1, 0.15) is 21.9 Å². The van der Waals surface area contributed by atoms with Crippen LogP contribution in [0.15, 0.2) is 24.7 Å². The van der Waals surface area contributed by atoms with Crippen molar-refractivity contribution >= 4 is 5.97 Å². The first kappa shape index (κ1) is 11.3. The predicted octanol–water partition coefficient (Wildman–Crippen LogP) is 0.709. The monoisotopic (exact) mass is 239 g/mol. The molecule has 0 amide bonds. The number of carboxylic acids is 1. The number of aromatic carboxylic acids is 1. The summed E-state index contributed by atoms with van der Waals surface area (Å²) in [6.07, 6.45) is 2.56. The zero-order valence-electron chi connectivity index (χ0n) is 8.90. The van der Waals surface area contributed by atoms with Crippen molar-refractivity contribution in [2.75, 3.05) is 0 Å². The van der Waals surface area contributed by atoms with Gasteiger partial charge in [0, 0.05) is 6.20 Å². The van der Waals surface area contributed by atoms with Gasteiger partial charge in [-0.2, -0.15) is 10.5 Å². The van der Waals surface area contributed by atoms with Gasteiger partial charge in [0.2, 0.25) is 0 Å². The highest BCUT2D eigenvalue weighted by molar-refractivity contribution is 5.89. The van der Waals surface area contributed by atoms with E-state index in [1.807, 2.05) is 6.07 Å². The molecule has 0 radical (unpaired) electrons. The fourth-order valence-electron chi connectivity index (χ4n) is 1.48. The lowest BCUT2D eigenvalue weighted by atomic mass is 10.2. The Labute approximate surface area is 101 Å². The lowest BCUT2D eigenvalue weighted by molar-refractivity contribution is 0.0690. The van der Waals surface area contributed by atoms with E-state index in [1.54, 1.807) is 6.07 Å². The highest BCUT2D eigenvalue weighted by atomic mass is 16.4. The van der Waals surface area contributed by atoms with Gasteiger partial charge in [-0.25, -0.2) is 14.8 Å². The molecule has 7 heteroatoms. The quantitative estimate of drug-likeness (QED) is 0.824. The van der Waals surface area contributed by atoms with Crippen molar-refractivity contribution in [3.63, 3.8) is 0 Å². The number of pyridine rings is 1. The number of nitriles is 2. The molecule has 7 nitrogen and oxygen atoms in total. The third-order valence-corrected chi connectivity index (χ3v) is 2.23. The van der Waals surface area contributed by atoms with Crippen molar-refractivity contribution in [3.8, 4) is 17.8 Å². The summed E-state index contributed by atoms with van der Waals surface area (Å²) in [6, 6.07) is 6.60. The molecule has 0 spiro atoms. The van der Waals surface area contributed by atoms with E-state index in [4.69, 9.17) is 15.6 Å². The second kappa shape index (κ2) is 4.36. The van der Waals surface area contributed by atoms with E-state index >= 15 is 0 Å². The number of nitrogens with zero attached hydrogens (tertiary/aromatic N) is 5. The van der Waals surface area contributed by atoms with Gasteiger partial charge >= 0.3 is 5.97 Å². The van der Waals surface area contributed by atoms with Gasteiger partial charge in [0.05, 0.1) is 5.69 Å². The SMILES string of the molecule is N#Cc1ncn(-c2cccnc2C(=O)O)c1C#N. The van der Waals surface area contributed by atoms with Gasteiger partial charge in [-0.05, 0) is 12.1 Å². The summed E-state index contributed by atoms with van der Waals surface area (Å²) in [5.74, 6) is -1.22. The zero-order valence-corrected chi connectivity index (χ0v) is 8.90. The number of carbonyl (C=O) groups is 1. The maximum absolute atomic E-state index is 11.0. The van der Waals surface area contributed by atoms with E-state index in [2.05, 4.69) is 9.97 Å². The van der Waals surface area contributed by atoms with Gasteiger partial charge in [0.25, 0.3) is 0 Å². The van der Waals surface area contributed by atoms with E-state index in [9.17, 15) is 4.79 Å². The van der Waals surface area contributed by atoms with Gasteiger partial charge < -0.3 is 5.11 Å². The van der Waals surface area contributed by atoms with Crippen LogP contribution >= 0.6 is 0 Å². The molecule has 0 bridgehead atoms. The Morgan fingerprint density at radius 3 is 2.72 bits per heavy atom. The molecule has 1 N–H and O–H groups in total. The Hall–Kier alpha value is -3.19. The minimum absolute atomic E-state index is 0.0204. The second-order valence-corrected chi connectivity index (χ2v) is 3.21. The largest absolute Gasteiger partial charge is 0.476 e. The first-order chi connectivity index (χ1) is 8.69. The Balaban J connectivity index is 2.72. The maximum Gasteiger partial charge on any atom is 0.356 e. The fourth-order valence-corrected chi connectivity index (χ4v) is 1.48. The summed E-state index contributed by atoms with van der Waals surface area (Å²) >= 11 is 0. The average molecular weight is 239 g/mol.